The molecule has 2 N–H and O–H groups in total. The summed E-state index contributed by atoms with van der Waals surface area (Å²) in [6.45, 7) is 0. The van der Waals surface area contributed by atoms with Gasteiger partial charge >= 0.3 is 0 Å². The van der Waals surface area contributed by atoms with Crippen LogP contribution in [0.25, 0.3) is 5.69 Å². The Bertz CT molecular complexity index is 681. The molecule has 0 unspecified atom stereocenters. The lowest BCUT2D eigenvalue weighted by atomic mass is 10.2. The van der Waals surface area contributed by atoms with Crippen molar-refractivity contribution in [3.63, 3.8) is 0 Å². The number of hydrogen-bond acceptors (Lipinski definition) is 4. The van der Waals surface area contributed by atoms with E-state index in [1.54, 1.807) is 16.8 Å². The van der Waals surface area contributed by atoms with Gasteiger partial charge in [0, 0.05) is 17.3 Å². The molecule has 0 aliphatic heterocycles. The topological polar surface area (TPSA) is 87.0 Å². The molecule has 0 spiro atoms. The monoisotopic (exact) mass is 322 g/mol. The average molecular weight is 323 g/mol. The fourth-order valence-corrected chi connectivity index (χ4v) is 2.97. The van der Waals surface area contributed by atoms with E-state index in [0.29, 0.717) is 10.3 Å². The molecule has 0 amide bonds. The standard InChI is InChI=1S/C12H11BrN4O2/c13-9-6-7(4-5-11(9)17(18)19)16-10-3-1-2-8(10)12(14)15-16/h4-6H,1-3H2,(H2,14,15). The van der Waals surface area contributed by atoms with Gasteiger partial charge in [-0.25, -0.2) is 4.68 Å². The minimum atomic E-state index is -0.421. The third-order valence-electron chi connectivity index (χ3n) is 3.33. The highest BCUT2D eigenvalue weighted by Crippen LogP contribution is 2.32. The average Bonchev–Trinajstić information content (AvgIpc) is 2.93. The van der Waals surface area contributed by atoms with Crippen molar-refractivity contribution in [2.75, 3.05) is 5.73 Å². The molecule has 0 radical (unpaired) electrons. The van der Waals surface area contributed by atoms with E-state index in [4.69, 9.17) is 5.73 Å². The van der Waals surface area contributed by atoms with Crippen molar-refractivity contribution in [2.24, 2.45) is 0 Å². The summed E-state index contributed by atoms with van der Waals surface area (Å²) in [5.74, 6) is 0.557. The molecular formula is C12H11BrN4O2. The molecule has 0 atom stereocenters. The minimum Gasteiger partial charge on any atom is -0.382 e. The van der Waals surface area contributed by atoms with Gasteiger partial charge in [-0.3, -0.25) is 10.1 Å². The summed E-state index contributed by atoms with van der Waals surface area (Å²) in [7, 11) is 0. The first-order valence-electron chi connectivity index (χ1n) is 5.88. The van der Waals surface area contributed by atoms with Crippen molar-refractivity contribution < 1.29 is 4.92 Å². The van der Waals surface area contributed by atoms with Gasteiger partial charge in [0.15, 0.2) is 0 Å². The molecule has 0 saturated carbocycles. The van der Waals surface area contributed by atoms with Gasteiger partial charge in [0.1, 0.15) is 5.82 Å². The first kappa shape index (κ1) is 12.2. The summed E-state index contributed by atoms with van der Waals surface area (Å²) in [4.78, 5) is 10.4. The van der Waals surface area contributed by atoms with E-state index in [-0.39, 0.29) is 5.69 Å². The lowest BCUT2D eigenvalue weighted by Gasteiger charge is -2.06. The number of anilines is 1. The second-order valence-electron chi connectivity index (χ2n) is 4.47. The van der Waals surface area contributed by atoms with Crippen molar-refractivity contribution >= 4 is 27.4 Å². The minimum absolute atomic E-state index is 0.0422. The summed E-state index contributed by atoms with van der Waals surface area (Å²) in [5, 5.41) is 15.1. The predicted octanol–water partition coefficient (Wildman–Crippen LogP) is 2.61. The molecule has 0 fully saturated rings. The summed E-state index contributed by atoms with van der Waals surface area (Å²) < 4.78 is 2.22. The van der Waals surface area contributed by atoms with Crippen LogP contribution in [0.15, 0.2) is 22.7 Å². The SMILES string of the molecule is Nc1nn(-c2ccc([N+](=O)[O-])c(Br)c2)c2c1CCC2. The van der Waals surface area contributed by atoms with Crippen LogP contribution in [0.5, 0.6) is 0 Å². The maximum absolute atomic E-state index is 10.8. The molecule has 98 valence electrons. The maximum Gasteiger partial charge on any atom is 0.283 e. The van der Waals surface area contributed by atoms with Gasteiger partial charge < -0.3 is 5.73 Å². The molecule has 1 heterocycles. The van der Waals surface area contributed by atoms with Crippen LogP contribution < -0.4 is 5.73 Å². The van der Waals surface area contributed by atoms with Crippen LogP contribution in [-0.4, -0.2) is 14.7 Å². The predicted molar refractivity (Wildman–Crippen MR) is 74.4 cm³/mol. The first-order chi connectivity index (χ1) is 9.08. The quantitative estimate of drug-likeness (QED) is 0.680. The number of hydrogen-bond donors (Lipinski definition) is 1. The number of nitrogens with two attached hydrogens (primary N) is 1. The molecule has 6 nitrogen and oxygen atoms in total. The third kappa shape index (κ3) is 1.90. The summed E-state index contributed by atoms with van der Waals surface area (Å²) in [5.41, 5.74) is 8.94. The van der Waals surface area contributed by atoms with E-state index < -0.39 is 4.92 Å². The molecule has 19 heavy (non-hydrogen) atoms. The van der Waals surface area contributed by atoms with Crippen molar-refractivity contribution in [3.05, 3.63) is 44.0 Å². The number of benzene rings is 1. The van der Waals surface area contributed by atoms with E-state index in [1.165, 1.54) is 6.07 Å². The molecular weight excluding hydrogens is 312 g/mol. The van der Waals surface area contributed by atoms with Gasteiger partial charge in [-0.15, -0.1) is 0 Å². The molecule has 7 heteroatoms. The number of fused-ring (bicyclic) bond motifs is 1. The number of aromatic nitrogens is 2. The first-order valence-corrected chi connectivity index (χ1v) is 6.68. The van der Waals surface area contributed by atoms with Gasteiger partial charge in [-0.2, -0.15) is 5.10 Å². The largest absolute Gasteiger partial charge is 0.382 e. The highest BCUT2D eigenvalue weighted by molar-refractivity contribution is 9.10. The fourth-order valence-electron chi connectivity index (χ4n) is 2.46. The van der Waals surface area contributed by atoms with E-state index in [1.807, 2.05) is 0 Å². The van der Waals surface area contributed by atoms with E-state index >= 15 is 0 Å². The smallest absolute Gasteiger partial charge is 0.283 e. The normalized spacial score (nSPS) is 13.5. The highest BCUT2D eigenvalue weighted by atomic mass is 79.9. The highest BCUT2D eigenvalue weighted by Gasteiger charge is 2.22. The molecule has 3 rings (SSSR count). The van der Waals surface area contributed by atoms with Gasteiger partial charge in [0.25, 0.3) is 5.69 Å². The van der Waals surface area contributed by atoms with Crippen LogP contribution in [0.4, 0.5) is 11.5 Å². The fraction of sp³-hybridized carbons (Fsp3) is 0.250. The Morgan fingerprint density at radius 1 is 1.42 bits per heavy atom. The second kappa shape index (κ2) is 4.34. The van der Waals surface area contributed by atoms with Crippen LogP contribution in [0.2, 0.25) is 0 Å². The van der Waals surface area contributed by atoms with Gasteiger partial charge in [-0.05, 0) is 47.3 Å². The van der Waals surface area contributed by atoms with Gasteiger partial charge in [0.2, 0.25) is 0 Å². The van der Waals surface area contributed by atoms with Crippen LogP contribution in [-0.2, 0) is 12.8 Å². The zero-order chi connectivity index (χ0) is 13.6. The lowest BCUT2D eigenvalue weighted by Crippen LogP contribution is -2.02. The summed E-state index contributed by atoms with van der Waals surface area (Å²) in [6, 6.07) is 4.86. The number of nitrogen functional groups attached to an aromatic ring is 1. The third-order valence-corrected chi connectivity index (χ3v) is 3.97. The van der Waals surface area contributed by atoms with Gasteiger partial charge in [0.05, 0.1) is 15.1 Å². The Morgan fingerprint density at radius 2 is 2.21 bits per heavy atom. The molecule has 1 aromatic heterocycles. The zero-order valence-electron chi connectivity index (χ0n) is 9.97. The maximum atomic E-state index is 10.8. The number of rotatable bonds is 2. The number of nitro benzene ring substituents is 1. The molecule has 0 saturated heterocycles. The molecule has 1 aliphatic rings. The molecule has 2 aromatic rings. The van der Waals surface area contributed by atoms with E-state index in [2.05, 4.69) is 21.0 Å². The van der Waals surface area contributed by atoms with Crippen LogP contribution in [0, 0.1) is 10.1 Å². The number of halogens is 1. The molecule has 1 aromatic carbocycles. The van der Waals surface area contributed by atoms with Crippen molar-refractivity contribution in [1.82, 2.24) is 9.78 Å². The summed E-state index contributed by atoms with van der Waals surface area (Å²) in [6.07, 6.45) is 2.97. The number of nitrogens with zero attached hydrogens (tertiary/aromatic N) is 3. The Kier molecular flexibility index (Phi) is 2.78. The van der Waals surface area contributed by atoms with E-state index in [9.17, 15) is 10.1 Å². The Labute approximate surface area is 117 Å². The zero-order valence-corrected chi connectivity index (χ0v) is 11.6. The van der Waals surface area contributed by atoms with Crippen LogP contribution >= 0.6 is 15.9 Å². The van der Waals surface area contributed by atoms with E-state index in [0.717, 1.165) is 36.2 Å². The lowest BCUT2D eigenvalue weighted by molar-refractivity contribution is -0.385. The Hall–Kier alpha value is -1.89. The second-order valence-corrected chi connectivity index (χ2v) is 5.32. The van der Waals surface area contributed by atoms with Crippen molar-refractivity contribution in [3.8, 4) is 5.69 Å². The van der Waals surface area contributed by atoms with Crippen LogP contribution in [0.3, 0.4) is 0 Å². The van der Waals surface area contributed by atoms with Crippen LogP contribution in [0.1, 0.15) is 17.7 Å². The Balaban J connectivity index is 2.11. The van der Waals surface area contributed by atoms with Gasteiger partial charge in [-0.1, -0.05) is 0 Å². The Morgan fingerprint density at radius 3 is 2.89 bits per heavy atom. The molecule has 0 bridgehead atoms. The summed E-state index contributed by atoms with van der Waals surface area (Å²) >= 11 is 3.22. The van der Waals surface area contributed by atoms with Crippen molar-refractivity contribution in [2.45, 2.75) is 19.3 Å². The van der Waals surface area contributed by atoms with Crippen molar-refractivity contribution in [1.29, 1.82) is 0 Å². The molecule has 1 aliphatic carbocycles. The number of nitro groups is 1.